The fraction of sp³-hybridized carbons (Fsp3) is 0.926. The van der Waals surface area contributed by atoms with Gasteiger partial charge in [-0.3, -0.25) is 0 Å². The van der Waals surface area contributed by atoms with Gasteiger partial charge < -0.3 is 20.4 Å². The van der Waals surface area contributed by atoms with Crippen molar-refractivity contribution in [3.8, 4) is 0 Å². The Labute approximate surface area is 189 Å². The average Bonchev–Trinajstić information content (AvgIpc) is 3.00. The number of aliphatic hydroxyl groups excluding tert-OH is 3. The molecule has 31 heavy (non-hydrogen) atoms. The van der Waals surface area contributed by atoms with Crippen LogP contribution in [0, 0.1) is 46.3 Å². The lowest BCUT2D eigenvalue weighted by Gasteiger charge is -2.66. The van der Waals surface area contributed by atoms with Crippen molar-refractivity contribution in [1.82, 2.24) is 0 Å². The van der Waals surface area contributed by atoms with E-state index in [9.17, 15) is 20.4 Å². The lowest BCUT2D eigenvalue weighted by Crippen LogP contribution is -2.71. The largest absolute Gasteiger partial charge is 0.393 e. The zero-order valence-corrected chi connectivity index (χ0v) is 20.3. The normalized spacial score (nSPS) is 53.3. The van der Waals surface area contributed by atoms with Crippen LogP contribution in [0.15, 0.2) is 12.2 Å². The van der Waals surface area contributed by atoms with Gasteiger partial charge in [0.25, 0.3) is 0 Å². The van der Waals surface area contributed by atoms with E-state index >= 15 is 0 Å². The number of aliphatic hydroxyl groups is 4. The highest BCUT2D eigenvalue weighted by Gasteiger charge is 2.69. The third-order valence-electron chi connectivity index (χ3n) is 10.6. The Kier molecular flexibility index (Phi) is 6.21. The quantitative estimate of drug-likeness (QED) is 0.497. The first kappa shape index (κ1) is 23.7. The van der Waals surface area contributed by atoms with E-state index in [0.29, 0.717) is 42.9 Å². The van der Waals surface area contributed by atoms with E-state index < -0.39 is 29.3 Å². The molecule has 0 aliphatic heterocycles. The van der Waals surface area contributed by atoms with Gasteiger partial charge in [0, 0.05) is 11.8 Å². The van der Waals surface area contributed by atoms with Crippen molar-refractivity contribution < 1.29 is 20.4 Å². The van der Waals surface area contributed by atoms with Crippen LogP contribution in [-0.4, -0.2) is 44.3 Å². The Balaban J connectivity index is 1.61. The van der Waals surface area contributed by atoms with E-state index in [-0.39, 0.29) is 23.7 Å². The van der Waals surface area contributed by atoms with Crippen LogP contribution in [0.5, 0.6) is 0 Å². The minimum Gasteiger partial charge on any atom is -0.393 e. The summed E-state index contributed by atoms with van der Waals surface area (Å²) in [6.45, 7) is 11.3. The Hall–Kier alpha value is -0.420. The van der Waals surface area contributed by atoms with Gasteiger partial charge in [0.2, 0.25) is 0 Å². The molecule has 4 rings (SSSR count). The summed E-state index contributed by atoms with van der Waals surface area (Å²) in [6, 6.07) is 0. The highest BCUT2D eigenvalue weighted by molar-refractivity contribution is 5.19. The number of hydrogen-bond donors (Lipinski definition) is 4. The number of rotatable bonds is 4. The van der Waals surface area contributed by atoms with Crippen LogP contribution in [0.1, 0.15) is 86.0 Å². The van der Waals surface area contributed by atoms with Crippen molar-refractivity contribution in [1.29, 1.82) is 0 Å². The third kappa shape index (κ3) is 3.55. The molecular formula is C27H46O4. The molecule has 4 fully saturated rings. The zero-order valence-electron chi connectivity index (χ0n) is 20.3. The summed E-state index contributed by atoms with van der Waals surface area (Å²) >= 11 is 0. The third-order valence-corrected chi connectivity index (χ3v) is 10.6. The molecule has 4 nitrogen and oxygen atoms in total. The molecule has 0 saturated heterocycles. The lowest BCUT2D eigenvalue weighted by atomic mass is 9.41. The molecule has 0 bridgehead atoms. The predicted molar refractivity (Wildman–Crippen MR) is 123 cm³/mol. The molecule has 0 amide bonds. The summed E-state index contributed by atoms with van der Waals surface area (Å²) in [5.41, 5.74) is -1.75. The van der Waals surface area contributed by atoms with Gasteiger partial charge in [0.05, 0.1) is 23.9 Å². The molecule has 0 radical (unpaired) electrons. The number of fused-ring (bicyclic) bond motifs is 5. The van der Waals surface area contributed by atoms with Gasteiger partial charge in [-0.2, -0.15) is 0 Å². The van der Waals surface area contributed by atoms with Crippen molar-refractivity contribution in [3.63, 3.8) is 0 Å². The predicted octanol–water partition coefficient (Wildman–Crippen LogP) is 4.30. The molecule has 178 valence electrons. The van der Waals surface area contributed by atoms with Crippen LogP contribution in [-0.2, 0) is 0 Å². The van der Waals surface area contributed by atoms with E-state index in [1.807, 2.05) is 0 Å². The summed E-state index contributed by atoms with van der Waals surface area (Å²) in [7, 11) is 0. The molecule has 0 spiro atoms. The number of allylic oxidation sites excluding steroid dienone is 2. The van der Waals surface area contributed by atoms with E-state index in [1.165, 1.54) is 6.42 Å². The SMILES string of the molecule is CC(C)/C=C/C[C@@H](C)[C@H]1CC[C@H]2[C@@H]3C[C@@H](O)[C@@]4(O)C[C@@H](O)CC[C@]4(C)[C@H]3[C@@H](O)C[C@]12C. The average molecular weight is 435 g/mol. The Morgan fingerprint density at radius 3 is 2.39 bits per heavy atom. The maximum absolute atomic E-state index is 11.6. The lowest BCUT2D eigenvalue weighted by molar-refractivity contribution is -0.282. The second-order valence-corrected chi connectivity index (χ2v) is 12.6. The van der Waals surface area contributed by atoms with Gasteiger partial charge in [-0.05, 0) is 85.9 Å². The molecule has 4 aliphatic rings. The zero-order chi connectivity index (χ0) is 22.8. The summed E-state index contributed by atoms with van der Waals surface area (Å²) in [5.74, 6) is 2.48. The van der Waals surface area contributed by atoms with E-state index in [4.69, 9.17) is 0 Å². The van der Waals surface area contributed by atoms with E-state index in [1.54, 1.807) is 0 Å². The molecule has 0 aromatic rings. The molecule has 4 aliphatic carbocycles. The van der Waals surface area contributed by atoms with Crippen molar-refractivity contribution in [2.75, 3.05) is 0 Å². The minimum atomic E-state index is -1.30. The second kappa shape index (κ2) is 8.11. The molecule has 4 heteroatoms. The maximum atomic E-state index is 11.6. The van der Waals surface area contributed by atoms with Crippen molar-refractivity contribution >= 4 is 0 Å². The topological polar surface area (TPSA) is 80.9 Å². The van der Waals surface area contributed by atoms with E-state index in [2.05, 4.69) is 46.8 Å². The van der Waals surface area contributed by atoms with Crippen LogP contribution >= 0.6 is 0 Å². The van der Waals surface area contributed by atoms with Gasteiger partial charge in [-0.15, -0.1) is 0 Å². The first-order chi connectivity index (χ1) is 14.4. The second-order valence-electron chi connectivity index (χ2n) is 12.6. The fourth-order valence-corrected chi connectivity index (χ4v) is 9.09. The highest BCUT2D eigenvalue weighted by Crippen LogP contribution is 2.69. The maximum Gasteiger partial charge on any atom is 0.0986 e. The molecule has 4 N–H and O–H groups in total. The minimum absolute atomic E-state index is 0.00127. The summed E-state index contributed by atoms with van der Waals surface area (Å²) in [5, 5.41) is 44.6. The van der Waals surface area contributed by atoms with E-state index in [0.717, 1.165) is 19.3 Å². The summed E-state index contributed by atoms with van der Waals surface area (Å²) < 4.78 is 0. The molecule has 4 saturated carbocycles. The smallest absolute Gasteiger partial charge is 0.0986 e. The summed E-state index contributed by atoms with van der Waals surface area (Å²) in [6.07, 6.45) is 9.14. The first-order valence-corrected chi connectivity index (χ1v) is 12.9. The van der Waals surface area contributed by atoms with Gasteiger partial charge >= 0.3 is 0 Å². The van der Waals surface area contributed by atoms with Crippen LogP contribution < -0.4 is 0 Å². The Morgan fingerprint density at radius 1 is 1.00 bits per heavy atom. The monoisotopic (exact) mass is 434 g/mol. The molecule has 0 aromatic heterocycles. The fourth-order valence-electron chi connectivity index (χ4n) is 9.09. The summed E-state index contributed by atoms with van der Waals surface area (Å²) in [4.78, 5) is 0. The van der Waals surface area contributed by atoms with Gasteiger partial charge in [0.1, 0.15) is 0 Å². The highest BCUT2D eigenvalue weighted by atomic mass is 16.3. The molecular weight excluding hydrogens is 388 g/mol. The Bertz CT molecular complexity index is 691. The molecule has 11 atom stereocenters. The van der Waals surface area contributed by atoms with Crippen molar-refractivity contribution in [2.24, 2.45) is 46.3 Å². The van der Waals surface area contributed by atoms with Crippen LogP contribution in [0.3, 0.4) is 0 Å². The van der Waals surface area contributed by atoms with Crippen LogP contribution in [0.4, 0.5) is 0 Å². The van der Waals surface area contributed by atoms with Gasteiger partial charge in [-0.1, -0.05) is 46.8 Å². The molecule has 0 aromatic carbocycles. The van der Waals surface area contributed by atoms with Gasteiger partial charge in [-0.25, -0.2) is 0 Å². The van der Waals surface area contributed by atoms with Crippen molar-refractivity contribution in [3.05, 3.63) is 12.2 Å². The van der Waals surface area contributed by atoms with Crippen molar-refractivity contribution in [2.45, 2.75) is 110 Å². The van der Waals surface area contributed by atoms with Crippen LogP contribution in [0.25, 0.3) is 0 Å². The Morgan fingerprint density at radius 2 is 1.71 bits per heavy atom. The number of hydrogen-bond acceptors (Lipinski definition) is 4. The standard InChI is InChI=1S/C27H46O4/c1-16(2)7-6-8-17(3)20-9-10-21-19-13-23(30)27(31)14-18(28)11-12-26(27,5)24(19)22(29)15-25(20,21)4/h6-7,16-24,28-31H,8-15H2,1-5H3/b7-6+/t17-,18+,19+,20-,21+,22+,23-,24-,25-,26-,27+/m1/s1. The van der Waals surface area contributed by atoms with Gasteiger partial charge in [0.15, 0.2) is 0 Å². The first-order valence-electron chi connectivity index (χ1n) is 12.9. The molecule has 0 unspecified atom stereocenters. The molecule has 0 heterocycles. The van der Waals surface area contributed by atoms with Crippen LogP contribution in [0.2, 0.25) is 0 Å².